The van der Waals surface area contributed by atoms with Gasteiger partial charge in [0, 0.05) is 35.5 Å². The van der Waals surface area contributed by atoms with Crippen LogP contribution in [0.1, 0.15) is 37.6 Å². The number of hydrogen-bond acceptors (Lipinski definition) is 6. The molecule has 0 aliphatic carbocycles. The molecule has 1 atom stereocenters. The van der Waals surface area contributed by atoms with Crippen LogP contribution in [-0.4, -0.2) is 42.0 Å². The highest BCUT2D eigenvalue weighted by atomic mass is 32.1. The molecular formula is C36H32N2O5S. The number of carboxylic acids is 1. The number of anilines is 2. The zero-order chi connectivity index (χ0) is 30.7. The summed E-state index contributed by atoms with van der Waals surface area (Å²) in [4.78, 5) is 40.8. The van der Waals surface area contributed by atoms with E-state index < -0.39 is 12.0 Å². The van der Waals surface area contributed by atoms with Crippen molar-refractivity contribution >= 4 is 40.4 Å². The molecule has 0 aliphatic rings. The van der Waals surface area contributed by atoms with Crippen molar-refractivity contribution in [3.8, 4) is 5.75 Å². The summed E-state index contributed by atoms with van der Waals surface area (Å²) in [5.74, 6) is -0.582. The Hall–Kier alpha value is -5.21. The summed E-state index contributed by atoms with van der Waals surface area (Å²) in [7, 11) is 0. The molecule has 5 rings (SSSR count). The first kappa shape index (κ1) is 30.3. The molecule has 1 heterocycles. The Kier molecular flexibility index (Phi) is 10.2. The van der Waals surface area contributed by atoms with Gasteiger partial charge in [0.1, 0.15) is 11.8 Å². The molecule has 0 saturated carbocycles. The maximum Gasteiger partial charge on any atom is 0.326 e. The smallest absolute Gasteiger partial charge is 0.326 e. The van der Waals surface area contributed by atoms with Gasteiger partial charge < -0.3 is 20.1 Å². The number of carbonyl (C=O) groups excluding carboxylic acids is 2. The molecule has 8 heteroatoms. The van der Waals surface area contributed by atoms with E-state index >= 15 is 0 Å². The summed E-state index contributed by atoms with van der Waals surface area (Å²) >= 11 is 1.42. The summed E-state index contributed by atoms with van der Waals surface area (Å²) in [6.45, 7) is 0.908. The molecule has 1 amide bonds. The van der Waals surface area contributed by atoms with Crippen LogP contribution >= 0.6 is 11.3 Å². The highest BCUT2D eigenvalue weighted by molar-refractivity contribution is 7.12. The number of hydrogen-bond donors (Lipinski definition) is 2. The molecule has 0 fully saturated rings. The number of para-hydroxylation sites is 2. The lowest BCUT2D eigenvalue weighted by Gasteiger charge is -2.22. The van der Waals surface area contributed by atoms with Gasteiger partial charge in [0.15, 0.2) is 5.78 Å². The van der Waals surface area contributed by atoms with Crippen molar-refractivity contribution in [1.29, 1.82) is 0 Å². The van der Waals surface area contributed by atoms with Crippen molar-refractivity contribution < 1.29 is 24.2 Å². The summed E-state index contributed by atoms with van der Waals surface area (Å²) in [5.41, 5.74) is 3.06. The van der Waals surface area contributed by atoms with Crippen molar-refractivity contribution in [2.45, 2.75) is 18.9 Å². The zero-order valence-corrected chi connectivity index (χ0v) is 24.8. The van der Waals surface area contributed by atoms with Gasteiger partial charge in [-0.2, -0.15) is 0 Å². The molecule has 222 valence electrons. The predicted octanol–water partition coefficient (Wildman–Crippen LogP) is 7.20. The van der Waals surface area contributed by atoms with Crippen LogP contribution in [0.4, 0.5) is 11.4 Å². The van der Waals surface area contributed by atoms with Gasteiger partial charge in [0.25, 0.3) is 5.91 Å². The Bertz CT molecular complexity index is 1670. The number of nitrogens with one attached hydrogen (secondary N) is 1. The average Bonchev–Trinajstić information content (AvgIpc) is 3.61. The molecule has 7 nitrogen and oxygen atoms in total. The number of aliphatic carboxylic acids is 1. The minimum absolute atomic E-state index is 0.0378. The molecule has 0 bridgehead atoms. The second-order valence-corrected chi connectivity index (χ2v) is 11.0. The predicted molar refractivity (Wildman–Crippen MR) is 174 cm³/mol. The lowest BCUT2D eigenvalue weighted by atomic mass is 10.00. The van der Waals surface area contributed by atoms with Gasteiger partial charge in [-0.3, -0.25) is 9.59 Å². The van der Waals surface area contributed by atoms with Gasteiger partial charge in [-0.25, -0.2) is 4.79 Å². The Balaban J connectivity index is 1.17. The van der Waals surface area contributed by atoms with Crippen molar-refractivity contribution in [3.63, 3.8) is 0 Å². The van der Waals surface area contributed by atoms with Gasteiger partial charge in [0.2, 0.25) is 0 Å². The maximum atomic E-state index is 13.1. The maximum absolute atomic E-state index is 13.1. The van der Waals surface area contributed by atoms with Crippen LogP contribution in [0.25, 0.3) is 0 Å². The Morgan fingerprint density at radius 1 is 0.795 bits per heavy atom. The van der Waals surface area contributed by atoms with Gasteiger partial charge in [-0.15, -0.1) is 11.3 Å². The number of rotatable bonds is 14. The third kappa shape index (κ3) is 7.79. The second-order valence-electron chi connectivity index (χ2n) is 10.1. The topological polar surface area (TPSA) is 95.9 Å². The van der Waals surface area contributed by atoms with Gasteiger partial charge >= 0.3 is 5.97 Å². The Morgan fingerprint density at radius 3 is 2.16 bits per heavy atom. The Labute approximate surface area is 260 Å². The molecule has 0 spiro atoms. The summed E-state index contributed by atoms with van der Waals surface area (Å²) in [6.07, 6.45) is 0.834. The normalized spacial score (nSPS) is 11.4. The number of carbonyl (C=O) groups is 3. The van der Waals surface area contributed by atoms with Crippen molar-refractivity contribution in [1.82, 2.24) is 0 Å². The van der Waals surface area contributed by atoms with E-state index in [-0.39, 0.29) is 18.1 Å². The molecule has 4 aromatic carbocycles. The molecule has 0 radical (unpaired) electrons. The highest BCUT2D eigenvalue weighted by Crippen LogP contribution is 2.23. The van der Waals surface area contributed by atoms with Gasteiger partial charge in [-0.05, 0) is 59.8 Å². The minimum Gasteiger partial charge on any atom is -0.494 e. The number of thiophene rings is 1. The Morgan fingerprint density at radius 2 is 1.48 bits per heavy atom. The van der Waals surface area contributed by atoms with Crippen LogP contribution in [0.3, 0.4) is 0 Å². The van der Waals surface area contributed by atoms with E-state index in [1.807, 2.05) is 78.2 Å². The van der Waals surface area contributed by atoms with Crippen LogP contribution in [0.15, 0.2) is 127 Å². The monoisotopic (exact) mass is 604 g/mol. The SMILES string of the molecule is O=C(c1ccccc1)c1ccccc1NC(Cc1ccc(OCCCN(C(=O)c2cccs2)c2ccccc2)cc1)C(=O)O. The first-order chi connectivity index (χ1) is 21.5. The molecular weight excluding hydrogens is 572 g/mol. The molecule has 0 saturated heterocycles. The van der Waals surface area contributed by atoms with Gasteiger partial charge in [0.05, 0.1) is 11.5 Å². The molecule has 1 aromatic heterocycles. The van der Waals surface area contributed by atoms with E-state index in [4.69, 9.17) is 4.74 Å². The molecule has 1 unspecified atom stereocenters. The fourth-order valence-corrected chi connectivity index (χ4v) is 5.47. The molecule has 44 heavy (non-hydrogen) atoms. The first-order valence-corrected chi connectivity index (χ1v) is 15.2. The summed E-state index contributed by atoms with van der Waals surface area (Å²) in [5, 5.41) is 14.9. The van der Waals surface area contributed by atoms with Crippen LogP contribution in [-0.2, 0) is 11.2 Å². The summed E-state index contributed by atoms with van der Waals surface area (Å²) < 4.78 is 5.95. The largest absolute Gasteiger partial charge is 0.494 e. The van der Waals surface area contributed by atoms with Crippen molar-refractivity contribution in [2.75, 3.05) is 23.4 Å². The van der Waals surface area contributed by atoms with Crippen LogP contribution < -0.4 is 15.0 Å². The van der Waals surface area contributed by atoms with E-state index in [0.29, 0.717) is 47.0 Å². The zero-order valence-electron chi connectivity index (χ0n) is 24.0. The third-order valence-corrected chi connectivity index (χ3v) is 7.90. The molecule has 2 N–H and O–H groups in total. The third-order valence-electron chi connectivity index (χ3n) is 7.04. The summed E-state index contributed by atoms with van der Waals surface area (Å²) in [6, 6.07) is 35.5. The second kappa shape index (κ2) is 14.8. The van der Waals surface area contributed by atoms with E-state index in [1.165, 1.54) is 11.3 Å². The fraction of sp³-hybridized carbons (Fsp3) is 0.139. The quantitative estimate of drug-likeness (QED) is 0.103. The number of amides is 1. The average molecular weight is 605 g/mol. The van der Waals surface area contributed by atoms with Crippen LogP contribution in [0, 0.1) is 0 Å². The van der Waals surface area contributed by atoms with E-state index in [0.717, 1.165) is 11.3 Å². The fourth-order valence-electron chi connectivity index (χ4n) is 4.80. The number of ether oxygens (including phenoxy) is 1. The number of benzene rings is 4. The molecule has 0 aliphatic heterocycles. The van der Waals surface area contributed by atoms with E-state index in [9.17, 15) is 19.5 Å². The van der Waals surface area contributed by atoms with E-state index in [1.54, 1.807) is 53.4 Å². The molecule has 5 aromatic rings. The van der Waals surface area contributed by atoms with E-state index in [2.05, 4.69) is 5.32 Å². The number of nitrogens with zero attached hydrogens (tertiary/aromatic N) is 1. The number of ketones is 1. The lowest BCUT2D eigenvalue weighted by molar-refractivity contribution is -0.137. The van der Waals surface area contributed by atoms with Crippen molar-refractivity contribution in [2.24, 2.45) is 0 Å². The number of carboxylic acid groups (broad SMARTS) is 1. The first-order valence-electron chi connectivity index (χ1n) is 14.3. The minimum atomic E-state index is -1.02. The van der Waals surface area contributed by atoms with Gasteiger partial charge in [-0.1, -0.05) is 78.9 Å². The van der Waals surface area contributed by atoms with Crippen LogP contribution in [0.5, 0.6) is 5.75 Å². The highest BCUT2D eigenvalue weighted by Gasteiger charge is 2.22. The van der Waals surface area contributed by atoms with Crippen molar-refractivity contribution in [3.05, 3.63) is 148 Å². The lowest BCUT2D eigenvalue weighted by Crippen LogP contribution is -2.32. The standard InChI is InChI=1S/C36H32N2O5S/c39-34(27-11-3-1-4-12-27)30-15-7-8-16-31(30)37-32(36(41)42)25-26-18-20-29(21-19-26)43-23-10-22-38(28-13-5-2-6-14-28)35(40)33-17-9-24-44-33/h1-9,11-21,24,32,37H,10,22-23,25H2,(H,41,42). The van der Waals surface area contributed by atoms with Crippen LogP contribution in [0.2, 0.25) is 0 Å².